The fraction of sp³-hybridized carbons (Fsp3) is 0.125. The van der Waals surface area contributed by atoms with Crippen LogP contribution in [0.5, 0.6) is 0 Å². The van der Waals surface area contributed by atoms with Crippen molar-refractivity contribution >= 4 is 18.8 Å². The van der Waals surface area contributed by atoms with Gasteiger partial charge < -0.3 is 9.78 Å². The smallest absolute Gasteiger partial charge is 0.427 e. The molecule has 1 heterocycles. The highest BCUT2D eigenvalue weighted by atomic mass is 16.6. The summed E-state index contributed by atoms with van der Waals surface area (Å²) in [4.78, 5) is 0. The van der Waals surface area contributed by atoms with Crippen molar-refractivity contribution in [3.05, 3.63) is 29.3 Å². The molecule has 0 fully saturated rings. The number of nitrogens with zero attached hydrogens (tertiary/aromatic N) is 1. The summed E-state index contributed by atoms with van der Waals surface area (Å²) < 4.78 is 4.68. The molecule has 0 saturated heterocycles. The van der Waals surface area contributed by atoms with Gasteiger partial charge >= 0.3 is 7.12 Å². The number of hydrogen-bond donors (Lipinski definition) is 1. The van der Waals surface area contributed by atoms with Gasteiger partial charge in [0, 0.05) is 11.0 Å². The van der Waals surface area contributed by atoms with Gasteiger partial charge in [0.2, 0.25) is 0 Å². The third-order valence-electron chi connectivity index (χ3n) is 1.97. The van der Waals surface area contributed by atoms with Crippen molar-refractivity contribution < 1.29 is 9.78 Å². The Morgan fingerprint density at radius 3 is 3.08 bits per heavy atom. The van der Waals surface area contributed by atoms with Crippen LogP contribution in [0.1, 0.15) is 11.1 Å². The summed E-state index contributed by atoms with van der Waals surface area (Å²) in [6.07, 6.45) is 1.62. The van der Waals surface area contributed by atoms with Crippen LogP contribution in [-0.2, 0) is 4.76 Å². The molecule has 12 heavy (non-hydrogen) atoms. The SMILES string of the molecule is Cc1cccc2c1C=NOB2O. The summed E-state index contributed by atoms with van der Waals surface area (Å²) in [6, 6.07) is 5.70. The minimum absolute atomic E-state index is 0.782. The molecule has 1 aliphatic heterocycles. The van der Waals surface area contributed by atoms with Gasteiger partial charge in [0.1, 0.15) is 0 Å². The molecular formula is C8H8BNO2. The fourth-order valence-corrected chi connectivity index (χ4v) is 1.29. The lowest BCUT2D eigenvalue weighted by Crippen LogP contribution is -2.38. The molecule has 0 unspecified atom stereocenters. The molecule has 4 heteroatoms. The van der Waals surface area contributed by atoms with Gasteiger partial charge in [-0.05, 0) is 12.5 Å². The van der Waals surface area contributed by atoms with E-state index in [1.807, 2.05) is 25.1 Å². The summed E-state index contributed by atoms with van der Waals surface area (Å²) in [7, 11) is -0.912. The lowest BCUT2D eigenvalue weighted by Gasteiger charge is -2.13. The standard InChI is InChI=1S/C8H8BNO2/c1-6-3-2-4-8-7(6)5-10-12-9(8)11/h2-5,11H,1H3. The largest absolute Gasteiger partial charge is 0.583 e. The first-order valence-corrected chi connectivity index (χ1v) is 3.76. The molecule has 0 saturated carbocycles. The first-order chi connectivity index (χ1) is 5.79. The Kier molecular flexibility index (Phi) is 1.62. The summed E-state index contributed by atoms with van der Waals surface area (Å²) >= 11 is 0. The molecule has 1 aliphatic rings. The molecule has 2 rings (SSSR count). The second kappa shape index (κ2) is 2.64. The molecule has 1 N–H and O–H groups in total. The van der Waals surface area contributed by atoms with E-state index < -0.39 is 7.12 Å². The average Bonchev–Trinajstić information content (AvgIpc) is 2.07. The van der Waals surface area contributed by atoms with E-state index in [0.717, 1.165) is 16.6 Å². The Balaban J connectivity index is 2.61. The van der Waals surface area contributed by atoms with Crippen molar-refractivity contribution in [3.8, 4) is 0 Å². The van der Waals surface area contributed by atoms with Crippen LogP contribution in [0.4, 0.5) is 0 Å². The van der Waals surface area contributed by atoms with E-state index in [1.54, 1.807) is 6.21 Å². The monoisotopic (exact) mass is 161 g/mol. The minimum Gasteiger partial charge on any atom is -0.427 e. The molecule has 0 aromatic heterocycles. The quantitative estimate of drug-likeness (QED) is 0.546. The number of hydrogen-bond acceptors (Lipinski definition) is 3. The first-order valence-electron chi connectivity index (χ1n) is 3.76. The van der Waals surface area contributed by atoms with Crippen LogP contribution in [0.3, 0.4) is 0 Å². The Bertz CT molecular complexity index is 338. The van der Waals surface area contributed by atoms with Crippen LogP contribution in [0, 0.1) is 6.92 Å². The Morgan fingerprint density at radius 1 is 1.50 bits per heavy atom. The number of aryl methyl sites for hydroxylation is 1. The van der Waals surface area contributed by atoms with Crippen LogP contribution in [0.25, 0.3) is 0 Å². The summed E-state index contributed by atoms with van der Waals surface area (Å²) in [5, 5.41) is 12.9. The lowest BCUT2D eigenvalue weighted by atomic mass is 9.75. The van der Waals surface area contributed by atoms with Crippen LogP contribution in [0.2, 0.25) is 0 Å². The van der Waals surface area contributed by atoms with Crippen LogP contribution in [0.15, 0.2) is 23.4 Å². The highest BCUT2D eigenvalue weighted by molar-refractivity contribution is 6.62. The second-order valence-corrected chi connectivity index (χ2v) is 2.77. The second-order valence-electron chi connectivity index (χ2n) is 2.77. The predicted molar refractivity (Wildman–Crippen MR) is 47.5 cm³/mol. The van der Waals surface area contributed by atoms with Crippen molar-refractivity contribution in [2.45, 2.75) is 6.92 Å². The summed E-state index contributed by atoms with van der Waals surface area (Å²) in [5.74, 6) is 0. The van der Waals surface area contributed by atoms with Gasteiger partial charge in [-0.2, -0.15) is 0 Å². The van der Waals surface area contributed by atoms with Crippen molar-refractivity contribution in [1.29, 1.82) is 0 Å². The van der Waals surface area contributed by atoms with Gasteiger partial charge in [-0.15, -0.1) is 5.16 Å². The van der Waals surface area contributed by atoms with Gasteiger partial charge in [0.15, 0.2) is 0 Å². The highest BCUT2D eigenvalue weighted by Gasteiger charge is 2.25. The van der Waals surface area contributed by atoms with Crippen molar-refractivity contribution in [2.75, 3.05) is 0 Å². The normalized spacial score (nSPS) is 14.0. The molecule has 0 bridgehead atoms. The Hall–Kier alpha value is -1.29. The predicted octanol–water partition coefficient (Wildman–Crippen LogP) is 0.0466. The Morgan fingerprint density at radius 2 is 2.33 bits per heavy atom. The average molecular weight is 161 g/mol. The zero-order chi connectivity index (χ0) is 8.55. The van der Waals surface area contributed by atoms with Crippen molar-refractivity contribution in [3.63, 3.8) is 0 Å². The van der Waals surface area contributed by atoms with E-state index in [9.17, 15) is 5.02 Å². The highest BCUT2D eigenvalue weighted by Crippen LogP contribution is 2.06. The van der Waals surface area contributed by atoms with E-state index in [-0.39, 0.29) is 0 Å². The van der Waals surface area contributed by atoms with Crippen molar-refractivity contribution in [2.24, 2.45) is 5.16 Å². The summed E-state index contributed by atoms with van der Waals surface area (Å²) in [6.45, 7) is 1.98. The number of benzene rings is 1. The first kappa shape index (κ1) is 7.37. The van der Waals surface area contributed by atoms with E-state index in [1.165, 1.54) is 0 Å². The minimum atomic E-state index is -0.912. The molecule has 3 nitrogen and oxygen atoms in total. The van der Waals surface area contributed by atoms with Crippen molar-refractivity contribution in [1.82, 2.24) is 0 Å². The number of rotatable bonds is 0. The molecular weight excluding hydrogens is 153 g/mol. The van der Waals surface area contributed by atoms with Crippen LogP contribution in [-0.4, -0.2) is 18.4 Å². The number of oxime groups is 1. The maximum Gasteiger partial charge on any atom is 0.583 e. The molecule has 60 valence electrons. The Labute approximate surface area is 70.8 Å². The zero-order valence-electron chi connectivity index (χ0n) is 6.69. The van der Waals surface area contributed by atoms with Gasteiger partial charge in [0.05, 0.1) is 6.21 Å². The van der Waals surface area contributed by atoms with E-state index in [4.69, 9.17) is 0 Å². The molecule has 0 radical (unpaired) electrons. The molecule has 0 spiro atoms. The maximum absolute atomic E-state index is 9.35. The van der Waals surface area contributed by atoms with Gasteiger partial charge in [-0.1, -0.05) is 18.2 Å². The van der Waals surface area contributed by atoms with Gasteiger partial charge in [-0.3, -0.25) is 0 Å². The third-order valence-corrected chi connectivity index (χ3v) is 1.97. The van der Waals surface area contributed by atoms with E-state index >= 15 is 0 Å². The van der Waals surface area contributed by atoms with Crippen LogP contribution >= 0.6 is 0 Å². The van der Waals surface area contributed by atoms with Crippen LogP contribution < -0.4 is 5.46 Å². The molecule has 0 amide bonds. The molecule has 1 aromatic carbocycles. The zero-order valence-corrected chi connectivity index (χ0v) is 6.69. The number of fused-ring (bicyclic) bond motifs is 1. The van der Waals surface area contributed by atoms with E-state index in [2.05, 4.69) is 9.91 Å². The summed E-state index contributed by atoms with van der Waals surface area (Å²) in [5.41, 5.74) is 2.83. The van der Waals surface area contributed by atoms with E-state index in [0.29, 0.717) is 0 Å². The van der Waals surface area contributed by atoms with Gasteiger partial charge in [0.25, 0.3) is 0 Å². The maximum atomic E-state index is 9.35. The fourth-order valence-electron chi connectivity index (χ4n) is 1.29. The lowest BCUT2D eigenvalue weighted by molar-refractivity contribution is 0.286. The molecule has 0 aliphatic carbocycles. The third kappa shape index (κ3) is 1.01. The molecule has 1 aromatic rings. The van der Waals surface area contributed by atoms with Gasteiger partial charge in [-0.25, -0.2) is 0 Å². The molecule has 0 atom stereocenters. The topological polar surface area (TPSA) is 41.8 Å².